The van der Waals surface area contributed by atoms with Gasteiger partial charge >= 0.3 is 0 Å². The van der Waals surface area contributed by atoms with Gasteiger partial charge in [0.25, 0.3) is 0 Å². The van der Waals surface area contributed by atoms with Crippen LogP contribution >= 0.6 is 0 Å². The molecule has 1 atom stereocenters. The summed E-state index contributed by atoms with van der Waals surface area (Å²) < 4.78 is 0. The van der Waals surface area contributed by atoms with Crippen molar-refractivity contribution in [2.75, 3.05) is 0 Å². The van der Waals surface area contributed by atoms with Crippen LogP contribution in [0.3, 0.4) is 0 Å². The fraction of sp³-hybridized carbons (Fsp3) is 0.941. The highest BCUT2D eigenvalue weighted by Gasteiger charge is 2.59. The highest BCUT2D eigenvalue weighted by Crippen LogP contribution is 2.66. The van der Waals surface area contributed by atoms with Gasteiger partial charge in [-0.2, -0.15) is 0 Å². The normalized spacial score (nSPS) is 52.3. The lowest BCUT2D eigenvalue weighted by Gasteiger charge is -2.61. The van der Waals surface area contributed by atoms with Crippen molar-refractivity contribution in [1.29, 1.82) is 0 Å². The summed E-state index contributed by atoms with van der Waals surface area (Å²) in [4.78, 5) is 12.3. The van der Waals surface area contributed by atoms with Gasteiger partial charge in [-0.05, 0) is 93.8 Å². The Morgan fingerprint density at radius 1 is 0.842 bits per heavy atom. The summed E-state index contributed by atoms with van der Waals surface area (Å²) in [6.45, 7) is 0. The molecule has 1 unspecified atom stereocenters. The van der Waals surface area contributed by atoms with E-state index in [2.05, 4.69) is 0 Å². The largest absolute Gasteiger partial charge is 0.369 e. The van der Waals surface area contributed by atoms with Crippen LogP contribution in [0.1, 0.15) is 70.6 Å². The van der Waals surface area contributed by atoms with Crippen LogP contribution in [0.25, 0.3) is 0 Å². The van der Waals surface area contributed by atoms with Gasteiger partial charge in [-0.1, -0.05) is 0 Å². The van der Waals surface area contributed by atoms with Gasteiger partial charge in [0.2, 0.25) is 5.91 Å². The third kappa shape index (κ3) is 1.58. The van der Waals surface area contributed by atoms with E-state index < -0.39 is 0 Å². The molecule has 0 saturated heterocycles. The Morgan fingerprint density at radius 3 is 1.89 bits per heavy atom. The predicted molar refractivity (Wildman–Crippen MR) is 75.3 cm³/mol. The molecule has 0 spiro atoms. The van der Waals surface area contributed by atoms with Crippen molar-refractivity contribution in [2.24, 2.45) is 34.3 Å². The zero-order chi connectivity index (χ0) is 13.1. The third-order valence-corrected chi connectivity index (χ3v) is 7.61. The predicted octanol–water partition coefficient (Wildman–Crippen LogP) is 3.64. The zero-order valence-electron chi connectivity index (χ0n) is 12.0. The second-order valence-electron chi connectivity index (χ2n) is 8.10. The van der Waals surface area contributed by atoms with Crippen LogP contribution in [0.5, 0.6) is 0 Å². The Labute approximate surface area is 116 Å². The van der Waals surface area contributed by atoms with Crippen molar-refractivity contribution in [1.82, 2.24) is 0 Å². The molecule has 0 aromatic heterocycles. The minimum Gasteiger partial charge on any atom is -0.369 e. The van der Waals surface area contributed by atoms with Crippen molar-refractivity contribution in [3.8, 4) is 0 Å². The summed E-state index contributed by atoms with van der Waals surface area (Å²) >= 11 is 0. The van der Waals surface area contributed by atoms with Gasteiger partial charge in [-0.3, -0.25) is 4.79 Å². The zero-order valence-corrected chi connectivity index (χ0v) is 12.0. The summed E-state index contributed by atoms with van der Waals surface area (Å²) in [5.41, 5.74) is 6.31. The maximum absolute atomic E-state index is 12.3. The first-order chi connectivity index (χ1) is 9.15. The van der Waals surface area contributed by atoms with E-state index in [0.717, 1.165) is 24.7 Å². The van der Waals surface area contributed by atoms with Crippen molar-refractivity contribution >= 4 is 5.91 Å². The Balaban J connectivity index is 1.70. The van der Waals surface area contributed by atoms with Gasteiger partial charge in [0.15, 0.2) is 0 Å². The molecule has 2 N–H and O–H groups in total. The van der Waals surface area contributed by atoms with Crippen LogP contribution in [0.2, 0.25) is 0 Å². The quantitative estimate of drug-likeness (QED) is 0.810. The summed E-state index contributed by atoms with van der Waals surface area (Å²) in [5.74, 6) is 2.58. The van der Waals surface area contributed by atoms with Gasteiger partial charge in [-0.15, -0.1) is 0 Å². The number of hydrogen-bond acceptors (Lipinski definition) is 1. The fourth-order valence-corrected chi connectivity index (χ4v) is 6.40. The topological polar surface area (TPSA) is 43.1 Å². The molecule has 0 aromatic carbocycles. The second-order valence-corrected chi connectivity index (χ2v) is 8.10. The van der Waals surface area contributed by atoms with Crippen LogP contribution in [0.15, 0.2) is 0 Å². The highest BCUT2D eigenvalue weighted by atomic mass is 16.1. The monoisotopic (exact) mass is 261 g/mol. The van der Waals surface area contributed by atoms with Gasteiger partial charge in [0, 0.05) is 0 Å². The van der Waals surface area contributed by atoms with Crippen LogP contribution in [0.4, 0.5) is 0 Å². The van der Waals surface area contributed by atoms with Crippen LogP contribution in [0, 0.1) is 28.6 Å². The maximum atomic E-state index is 12.3. The lowest BCUT2D eigenvalue weighted by atomic mass is 9.43. The SMILES string of the molecule is NC(=O)C12CCC(CC1)CC2C12CCC(CC1)CC2. The average Bonchev–Trinajstić information content (AvgIpc) is 2.50. The maximum Gasteiger partial charge on any atom is 0.223 e. The van der Waals surface area contributed by atoms with E-state index in [1.54, 1.807) is 0 Å². The van der Waals surface area contributed by atoms with Crippen molar-refractivity contribution < 1.29 is 4.79 Å². The summed E-state index contributed by atoms with van der Waals surface area (Å²) in [5, 5.41) is 0. The Bertz CT molecular complexity index is 372. The average molecular weight is 261 g/mol. The minimum atomic E-state index is -0.112. The van der Waals surface area contributed by atoms with Crippen molar-refractivity contribution in [3.05, 3.63) is 0 Å². The summed E-state index contributed by atoms with van der Waals surface area (Å²) in [7, 11) is 0. The number of fused-ring (bicyclic) bond motifs is 6. The van der Waals surface area contributed by atoms with E-state index in [1.165, 1.54) is 57.8 Å². The number of primary amides is 1. The molecule has 0 aromatic rings. The first kappa shape index (κ1) is 12.2. The van der Waals surface area contributed by atoms with E-state index >= 15 is 0 Å². The van der Waals surface area contributed by atoms with E-state index in [9.17, 15) is 4.79 Å². The molecule has 4 bridgehead atoms. The number of hydrogen-bond donors (Lipinski definition) is 1. The lowest BCUT2D eigenvalue weighted by Crippen LogP contribution is -2.57. The molecule has 6 fully saturated rings. The molecule has 19 heavy (non-hydrogen) atoms. The first-order valence-electron chi connectivity index (χ1n) is 8.45. The van der Waals surface area contributed by atoms with Crippen molar-refractivity contribution in [3.63, 3.8) is 0 Å². The molecule has 0 heterocycles. The molecule has 2 nitrogen and oxygen atoms in total. The van der Waals surface area contributed by atoms with Gasteiger partial charge in [-0.25, -0.2) is 0 Å². The molecular weight excluding hydrogens is 234 g/mol. The third-order valence-electron chi connectivity index (χ3n) is 7.61. The molecule has 0 radical (unpaired) electrons. The van der Waals surface area contributed by atoms with Crippen LogP contribution in [-0.2, 0) is 4.79 Å². The smallest absolute Gasteiger partial charge is 0.223 e. The number of rotatable bonds is 2. The number of amides is 1. The van der Waals surface area contributed by atoms with Crippen LogP contribution in [-0.4, -0.2) is 5.91 Å². The van der Waals surface area contributed by atoms with E-state index in [4.69, 9.17) is 5.73 Å². The van der Waals surface area contributed by atoms with E-state index in [-0.39, 0.29) is 11.3 Å². The summed E-state index contributed by atoms with van der Waals surface area (Å²) in [6.07, 6.45) is 14.5. The van der Waals surface area contributed by atoms with Gasteiger partial charge in [0.05, 0.1) is 5.41 Å². The van der Waals surface area contributed by atoms with Gasteiger partial charge < -0.3 is 5.73 Å². The molecule has 106 valence electrons. The molecule has 1 amide bonds. The van der Waals surface area contributed by atoms with Crippen LogP contribution < -0.4 is 5.73 Å². The highest BCUT2D eigenvalue weighted by molar-refractivity contribution is 5.81. The molecule has 2 heteroatoms. The molecule has 6 saturated carbocycles. The molecule has 6 aliphatic rings. The Kier molecular flexibility index (Phi) is 2.57. The number of nitrogens with two attached hydrogens (primary N) is 1. The standard InChI is InChI=1S/C17H27NO/c18-15(19)17-9-4-13(5-10-17)11-14(17)16-6-1-12(2-7-16)3-8-16/h12-14H,1-11H2,(H2,18,19). The van der Waals surface area contributed by atoms with E-state index in [0.29, 0.717) is 11.3 Å². The molecular formula is C17H27NO. The van der Waals surface area contributed by atoms with Crippen molar-refractivity contribution in [2.45, 2.75) is 70.6 Å². The first-order valence-corrected chi connectivity index (χ1v) is 8.45. The minimum absolute atomic E-state index is 0.0396. The van der Waals surface area contributed by atoms with E-state index in [1.807, 2.05) is 0 Å². The second kappa shape index (κ2) is 3.99. The van der Waals surface area contributed by atoms with Gasteiger partial charge in [0.1, 0.15) is 0 Å². The number of carbonyl (C=O) groups is 1. The molecule has 6 aliphatic carbocycles. The summed E-state index contributed by atoms with van der Waals surface area (Å²) in [6, 6.07) is 0. The Hall–Kier alpha value is -0.530. The molecule has 6 rings (SSSR count). The molecule has 0 aliphatic heterocycles. The Morgan fingerprint density at radius 2 is 1.37 bits per heavy atom. The fourth-order valence-electron chi connectivity index (χ4n) is 6.40. The lowest BCUT2D eigenvalue weighted by molar-refractivity contribution is -0.157. The number of carbonyl (C=O) groups excluding carboxylic acids is 1.